The van der Waals surface area contributed by atoms with Gasteiger partial charge in [-0.2, -0.15) is 5.26 Å². The lowest BCUT2D eigenvalue weighted by molar-refractivity contribution is -0.133. The van der Waals surface area contributed by atoms with Gasteiger partial charge in [0.05, 0.1) is 0 Å². The van der Waals surface area contributed by atoms with Crippen molar-refractivity contribution in [3.63, 3.8) is 0 Å². The van der Waals surface area contributed by atoms with Crippen LogP contribution < -0.4 is 11.2 Å². The van der Waals surface area contributed by atoms with E-state index in [0.29, 0.717) is 19.0 Å². The van der Waals surface area contributed by atoms with Crippen molar-refractivity contribution >= 4 is 5.91 Å². The van der Waals surface area contributed by atoms with Crippen LogP contribution in [0.15, 0.2) is 15.8 Å². The summed E-state index contributed by atoms with van der Waals surface area (Å²) in [4.78, 5) is 38.9. The zero-order valence-electron chi connectivity index (χ0n) is 13.2. The van der Waals surface area contributed by atoms with Crippen LogP contribution in [0.5, 0.6) is 0 Å². The third-order valence-electron chi connectivity index (χ3n) is 4.56. The quantitative estimate of drug-likeness (QED) is 0.811. The second-order valence-corrected chi connectivity index (χ2v) is 6.55. The third-order valence-corrected chi connectivity index (χ3v) is 4.56. The molecule has 2 aliphatic rings. The molecule has 7 nitrogen and oxygen atoms in total. The highest BCUT2D eigenvalue weighted by molar-refractivity contribution is 5.76. The molecule has 23 heavy (non-hydrogen) atoms. The highest BCUT2D eigenvalue weighted by atomic mass is 16.2. The molecule has 0 N–H and O–H groups in total. The van der Waals surface area contributed by atoms with Gasteiger partial charge in [-0.3, -0.25) is 14.2 Å². The molecule has 1 saturated carbocycles. The summed E-state index contributed by atoms with van der Waals surface area (Å²) in [5, 5.41) is 9.10. The van der Waals surface area contributed by atoms with Gasteiger partial charge in [-0.05, 0) is 31.6 Å². The maximum absolute atomic E-state index is 12.5. The molecule has 0 radical (unpaired) electrons. The van der Waals surface area contributed by atoms with Crippen molar-refractivity contribution in [3.05, 3.63) is 32.6 Å². The number of carbonyl (C=O) groups is 1. The minimum absolute atomic E-state index is 0.0477. The Hall–Kier alpha value is -2.36. The van der Waals surface area contributed by atoms with E-state index < -0.39 is 11.2 Å². The minimum Gasteiger partial charge on any atom is -0.341 e. The largest absolute Gasteiger partial charge is 0.341 e. The Morgan fingerprint density at radius 1 is 1.35 bits per heavy atom. The first kappa shape index (κ1) is 15.5. The predicted octanol–water partition coefficient (Wildman–Crippen LogP) is 0.475. The van der Waals surface area contributed by atoms with Gasteiger partial charge in [0.2, 0.25) is 5.91 Å². The number of carbonyl (C=O) groups excluding carboxylic acids is 1. The standard InChI is InChI=1S/C16H20N4O3/c1-11-3-2-6-18(8-11)14(21)10-20-15(22)12(7-17)9-19(16(20)23)13-4-5-13/h9,11,13H,2-6,8,10H2,1H3/t11-/m1/s1. The Morgan fingerprint density at radius 3 is 2.70 bits per heavy atom. The van der Waals surface area contributed by atoms with E-state index in [-0.39, 0.29) is 24.1 Å². The van der Waals surface area contributed by atoms with E-state index in [1.54, 1.807) is 4.90 Å². The molecule has 1 aromatic heterocycles. The van der Waals surface area contributed by atoms with Gasteiger partial charge < -0.3 is 4.90 Å². The molecular formula is C16H20N4O3. The second kappa shape index (κ2) is 6.03. The summed E-state index contributed by atoms with van der Waals surface area (Å²) < 4.78 is 2.34. The third kappa shape index (κ3) is 3.07. The molecule has 122 valence electrons. The topological polar surface area (TPSA) is 88.1 Å². The van der Waals surface area contributed by atoms with Gasteiger partial charge in [-0.25, -0.2) is 9.36 Å². The molecule has 0 unspecified atom stereocenters. The molecule has 1 aliphatic carbocycles. The zero-order valence-corrected chi connectivity index (χ0v) is 13.2. The molecule has 0 spiro atoms. The van der Waals surface area contributed by atoms with Gasteiger partial charge in [0, 0.05) is 25.3 Å². The molecular weight excluding hydrogens is 296 g/mol. The van der Waals surface area contributed by atoms with Crippen molar-refractivity contribution in [1.82, 2.24) is 14.0 Å². The molecule has 2 heterocycles. The van der Waals surface area contributed by atoms with E-state index in [2.05, 4.69) is 6.92 Å². The lowest BCUT2D eigenvalue weighted by atomic mass is 10.0. The van der Waals surface area contributed by atoms with E-state index in [1.807, 2.05) is 6.07 Å². The lowest BCUT2D eigenvalue weighted by Gasteiger charge is -2.31. The van der Waals surface area contributed by atoms with E-state index >= 15 is 0 Å². The number of hydrogen-bond donors (Lipinski definition) is 0. The van der Waals surface area contributed by atoms with Crippen LogP contribution in [0.3, 0.4) is 0 Å². The van der Waals surface area contributed by atoms with Gasteiger partial charge in [0.15, 0.2) is 0 Å². The van der Waals surface area contributed by atoms with Crippen LogP contribution in [0.2, 0.25) is 0 Å². The van der Waals surface area contributed by atoms with Gasteiger partial charge in [-0.1, -0.05) is 6.92 Å². The van der Waals surface area contributed by atoms with Crippen LogP contribution >= 0.6 is 0 Å². The summed E-state index contributed by atoms with van der Waals surface area (Å²) >= 11 is 0. The fourth-order valence-electron chi connectivity index (χ4n) is 3.10. The number of hydrogen-bond acceptors (Lipinski definition) is 4. The Bertz CT molecular complexity index is 782. The molecule has 0 aromatic carbocycles. The Kier molecular flexibility index (Phi) is 4.07. The molecule has 1 atom stereocenters. The SMILES string of the molecule is C[C@@H]1CCCN(C(=O)Cn2c(=O)c(C#N)cn(C3CC3)c2=O)C1. The lowest BCUT2D eigenvalue weighted by Crippen LogP contribution is -2.47. The smallest absolute Gasteiger partial charge is 0.331 e. The second-order valence-electron chi connectivity index (χ2n) is 6.55. The van der Waals surface area contributed by atoms with E-state index in [9.17, 15) is 14.4 Å². The van der Waals surface area contributed by atoms with Crippen molar-refractivity contribution in [2.24, 2.45) is 5.92 Å². The van der Waals surface area contributed by atoms with E-state index in [0.717, 1.165) is 30.3 Å². The maximum atomic E-state index is 12.5. The Balaban J connectivity index is 1.91. The number of piperidine rings is 1. The fraction of sp³-hybridized carbons (Fsp3) is 0.625. The van der Waals surface area contributed by atoms with Crippen LogP contribution in [-0.2, 0) is 11.3 Å². The van der Waals surface area contributed by atoms with Gasteiger partial charge in [0.1, 0.15) is 18.2 Å². The first-order valence-electron chi connectivity index (χ1n) is 8.05. The number of aromatic nitrogens is 2. The summed E-state index contributed by atoms with van der Waals surface area (Å²) in [7, 11) is 0. The van der Waals surface area contributed by atoms with Crippen LogP contribution in [0, 0.1) is 17.2 Å². The number of nitriles is 1. The van der Waals surface area contributed by atoms with E-state index in [1.165, 1.54) is 10.8 Å². The summed E-state index contributed by atoms with van der Waals surface area (Å²) in [6, 6.07) is 1.88. The fourth-order valence-corrected chi connectivity index (χ4v) is 3.10. The number of amides is 1. The van der Waals surface area contributed by atoms with Gasteiger partial charge in [0.25, 0.3) is 5.56 Å². The summed E-state index contributed by atoms with van der Waals surface area (Å²) in [5.41, 5.74) is -1.25. The average Bonchev–Trinajstić information content (AvgIpc) is 3.36. The zero-order chi connectivity index (χ0) is 16.6. The normalized spacial score (nSPS) is 21.0. The maximum Gasteiger partial charge on any atom is 0.331 e. The first-order valence-corrected chi connectivity index (χ1v) is 8.05. The number of rotatable bonds is 3. The summed E-state index contributed by atoms with van der Waals surface area (Å²) in [6.07, 6.45) is 5.07. The Labute approximate surface area is 133 Å². The molecule has 1 saturated heterocycles. The average molecular weight is 316 g/mol. The highest BCUT2D eigenvalue weighted by Crippen LogP contribution is 2.33. The van der Waals surface area contributed by atoms with Crippen LogP contribution in [0.25, 0.3) is 0 Å². The van der Waals surface area contributed by atoms with Crippen LogP contribution in [0.4, 0.5) is 0 Å². The minimum atomic E-state index is -0.673. The van der Waals surface area contributed by atoms with Crippen molar-refractivity contribution in [2.75, 3.05) is 13.1 Å². The van der Waals surface area contributed by atoms with Crippen molar-refractivity contribution < 1.29 is 4.79 Å². The molecule has 2 fully saturated rings. The van der Waals surface area contributed by atoms with Crippen molar-refractivity contribution in [2.45, 2.75) is 45.2 Å². The molecule has 1 amide bonds. The molecule has 0 bridgehead atoms. The van der Waals surface area contributed by atoms with Crippen LogP contribution in [0.1, 0.15) is 44.2 Å². The Morgan fingerprint density at radius 2 is 2.09 bits per heavy atom. The molecule has 7 heteroatoms. The summed E-state index contributed by atoms with van der Waals surface area (Å²) in [5.74, 6) is 0.200. The van der Waals surface area contributed by atoms with Gasteiger partial charge in [-0.15, -0.1) is 0 Å². The van der Waals surface area contributed by atoms with Gasteiger partial charge >= 0.3 is 5.69 Å². The summed E-state index contributed by atoms with van der Waals surface area (Å²) in [6.45, 7) is 3.11. The highest BCUT2D eigenvalue weighted by Gasteiger charge is 2.28. The molecule has 1 aromatic rings. The van der Waals surface area contributed by atoms with Crippen molar-refractivity contribution in [1.29, 1.82) is 5.26 Å². The monoisotopic (exact) mass is 316 g/mol. The number of nitrogens with zero attached hydrogens (tertiary/aromatic N) is 4. The van der Waals surface area contributed by atoms with E-state index in [4.69, 9.17) is 5.26 Å². The predicted molar refractivity (Wildman–Crippen MR) is 82.9 cm³/mol. The molecule has 1 aliphatic heterocycles. The number of likely N-dealkylation sites (tertiary alicyclic amines) is 1. The van der Waals surface area contributed by atoms with Crippen LogP contribution in [-0.4, -0.2) is 33.0 Å². The first-order chi connectivity index (χ1) is 11.0. The van der Waals surface area contributed by atoms with Crippen molar-refractivity contribution in [3.8, 4) is 6.07 Å². The molecule has 3 rings (SSSR count).